The topological polar surface area (TPSA) is 262 Å². The molecular formula is C22H30N6O10. The summed E-state index contributed by atoms with van der Waals surface area (Å²) in [6, 6.07) is 6.68. The number of aromatic nitrogens is 3. The molecule has 0 unspecified atom stereocenters. The number of hydrazone groups is 1. The van der Waals surface area contributed by atoms with E-state index in [-0.39, 0.29) is 5.71 Å². The lowest BCUT2D eigenvalue weighted by atomic mass is 9.98. The lowest BCUT2D eigenvalue weighted by molar-refractivity contribution is -0.254. The molecular weight excluding hydrogens is 508 g/mol. The van der Waals surface area contributed by atoms with E-state index < -0.39 is 74.5 Å². The summed E-state index contributed by atoms with van der Waals surface area (Å²) in [7, 11) is 0. The monoisotopic (exact) mass is 538 g/mol. The van der Waals surface area contributed by atoms with Gasteiger partial charge in [-0.1, -0.05) is 23.4 Å². The van der Waals surface area contributed by atoms with E-state index in [9.17, 15) is 40.9 Å². The highest BCUT2D eigenvalue weighted by atomic mass is 16.6. The van der Waals surface area contributed by atoms with E-state index in [1.807, 2.05) is 0 Å². The third-order valence-corrected chi connectivity index (χ3v) is 6.44. The van der Waals surface area contributed by atoms with Crippen molar-refractivity contribution in [3.63, 3.8) is 0 Å². The lowest BCUT2D eigenvalue weighted by Crippen LogP contribution is -2.58. The molecule has 2 fully saturated rings. The Kier molecular flexibility index (Phi) is 8.78. The van der Waals surface area contributed by atoms with E-state index in [0.29, 0.717) is 16.8 Å². The zero-order valence-electron chi connectivity index (χ0n) is 19.9. The van der Waals surface area contributed by atoms with Crippen LogP contribution in [0.2, 0.25) is 0 Å². The fourth-order valence-electron chi connectivity index (χ4n) is 4.20. The molecule has 2 saturated heterocycles. The Morgan fingerprint density at radius 1 is 0.921 bits per heavy atom. The van der Waals surface area contributed by atoms with Gasteiger partial charge in [0.05, 0.1) is 25.6 Å². The van der Waals surface area contributed by atoms with Crippen molar-refractivity contribution < 1.29 is 50.3 Å². The van der Waals surface area contributed by atoms with Crippen LogP contribution < -0.4 is 5.84 Å². The molecule has 2 aromatic rings. The van der Waals surface area contributed by atoms with Crippen molar-refractivity contribution in [2.75, 3.05) is 13.2 Å². The van der Waals surface area contributed by atoms with Crippen molar-refractivity contribution in [3.05, 3.63) is 36.0 Å². The Bertz CT molecular complexity index is 1140. The average Bonchev–Trinajstić information content (AvgIpc) is 3.42. The number of benzene rings is 1. The van der Waals surface area contributed by atoms with E-state index in [2.05, 4.69) is 20.4 Å². The van der Waals surface area contributed by atoms with Gasteiger partial charge in [0.1, 0.15) is 60.2 Å². The van der Waals surface area contributed by atoms with Gasteiger partial charge in [0.2, 0.25) is 0 Å². The summed E-state index contributed by atoms with van der Waals surface area (Å²) in [5.74, 6) is 5.54. The second kappa shape index (κ2) is 11.9. The van der Waals surface area contributed by atoms with Gasteiger partial charge in [-0.15, -0.1) is 5.10 Å². The molecule has 10 atom stereocenters. The Hall–Kier alpha value is -2.90. The van der Waals surface area contributed by atoms with E-state index in [0.717, 1.165) is 4.68 Å². The number of nitrogens with two attached hydrogens (primary N) is 1. The highest BCUT2D eigenvalue weighted by Gasteiger charge is 2.45. The number of aliphatic imine (C=N–C) groups is 1. The van der Waals surface area contributed by atoms with Crippen molar-refractivity contribution in [3.8, 4) is 11.3 Å². The van der Waals surface area contributed by atoms with Crippen LogP contribution in [-0.4, -0.2) is 136 Å². The fourth-order valence-corrected chi connectivity index (χ4v) is 4.20. The summed E-state index contributed by atoms with van der Waals surface area (Å²) in [6.45, 7) is -1.18. The maximum atomic E-state index is 10.3. The van der Waals surface area contributed by atoms with E-state index in [4.69, 9.17) is 15.3 Å². The second-order valence-electron chi connectivity index (χ2n) is 8.90. The Morgan fingerprint density at radius 2 is 1.58 bits per heavy atom. The van der Waals surface area contributed by atoms with Crippen LogP contribution in [0.1, 0.15) is 11.8 Å². The van der Waals surface area contributed by atoms with Gasteiger partial charge in [-0.05, 0) is 6.07 Å². The predicted molar refractivity (Wildman–Crippen MR) is 127 cm³/mol. The fraction of sp³-hybridized carbons (Fsp3) is 0.545. The Morgan fingerprint density at radius 3 is 2.24 bits per heavy atom. The predicted octanol–water partition coefficient (Wildman–Crippen LogP) is -4.55. The normalized spacial score (nSPS) is 36.6. The molecule has 2 aliphatic rings. The second-order valence-corrected chi connectivity index (χ2v) is 8.90. The molecule has 0 saturated carbocycles. The third-order valence-electron chi connectivity index (χ3n) is 6.44. The van der Waals surface area contributed by atoms with Crippen LogP contribution in [0.5, 0.6) is 0 Å². The Labute approximate surface area is 215 Å². The van der Waals surface area contributed by atoms with Crippen molar-refractivity contribution in [1.29, 1.82) is 0 Å². The summed E-state index contributed by atoms with van der Waals surface area (Å²) in [6.07, 6.45) is -11.4. The zero-order chi connectivity index (χ0) is 27.6. The minimum atomic E-state index is -1.59. The molecule has 0 radical (unpaired) electrons. The van der Waals surface area contributed by atoms with Crippen LogP contribution in [-0.2, 0) is 9.47 Å². The number of aliphatic hydroxyl groups excluding tert-OH is 8. The van der Waals surface area contributed by atoms with Gasteiger partial charge in [-0.25, -0.2) is 4.68 Å². The van der Waals surface area contributed by atoms with Gasteiger partial charge in [-0.3, -0.25) is 4.99 Å². The summed E-state index contributed by atoms with van der Waals surface area (Å²) in [5, 5.41) is 90.8. The number of rotatable bonds is 7. The minimum absolute atomic E-state index is 0.158. The van der Waals surface area contributed by atoms with Gasteiger partial charge in [0.25, 0.3) is 0 Å². The largest absolute Gasteiger partial charge is 0.394 e. The molecule has 10 N–H and O–H groups in total. The number of aliphatic hydroxyl groups is 8. The summed E-state index contributed by atoms with van der Waals surface area (Å²) >= 11 is 0. The minimum Gasteiger partial charge on any atom is -0.394 e. The average molecular weight is 539 g/mol. The van der Waals surface area contributed by atoms with Gasteiger partial charge < -0.3 is 56.2 Å². The maximum Gasteiger partial charge on any atom is 0.180 e. The van der Waals surface area contributed by atoms with Gasteiger partial charge in [-0.2, -0.15) is 5.10 Å². The molecule has 0 aliphatic carbocycles. The molecule has 0 spiro atoms. The highest BCUT2D eigenvalue weighted by Crippen LogP contribution is 2.29. The first-order valence-electron chi connectivity index (χ1n) is 11.6. The smallest absolute Gasteiger partial charge is 0.180 e. The molecule has 3 heterocycles. The SMILES string of the molecule is NN=C(C=N[C@H]1O[C@H](CO)[C@@H](O)[C@H](O)[C@@H]1O)c1cccc(-c2cn([C@H]3O[C@H](CO)[C@@H](O)[C@H](O)[C@@H]3O)nn2)c1. The van der Waals surface area contributed by atoms with Crippen LogP contribution in [0.15, 0.2) is 40.6 Å². The first kappa shape index (κ1) is 28.1. The highest BCUT2D eigenvalue weighted by molar-refractivity contribution is 6.38. The van der Waals surface area contributed by atoms with Crippen molar-refractivity contribution in [1.82, 2.24) is 15.0 Å². The number of ether oxygens (including phenoxy) is 2. The number of hydrogen-bond acceptors (Lipinski definition) is 15. The molecule has 16 heteroatoms. The van der Waals surface area contributed by atoms with Gasteiger partial charge in [0.15, 0.2) is 12.5 Å². The quantitative estimate of drug-likeness (QED) is 0.0914. The first-order chi connectivity index (χ1) is 18.2. The molecule has 1 aromatic heterocycles. The van der Waals surface area contributed by atoms with E-state index in [1.54, 1.807) is 24.3 Å². The molecule has 2 aliphatic heterocycles. The summed E-state index contributed by atoms with van der Waals surface area (Å²) < 4.78 is 12.0. The van der Waals surface area contributed by atoms with Crippen molar-refractivity contribution >= 4 is 11.9 Å². The third kappa shape index (κ3) is 5.45. The van der Waals surface area contributed by atoms with E-state index >= 15 is 0 Å². The molecule has 1 aromatic carbocycles. The first-order valence-corrected chi connectivity index (χ1v) is 11.6. The molecule has 4 rings (SSSR count). The molecule has 0 bridgehead atoms. The van der Waals surface area contributed by atoms with Crippen LogP contribution in [0.4, 0.5) is 0 Å². The summed E-state index contributed by atoms with van der Waals surface area (Å²) in [5.41, 5.74) is 1.51. The van der Waals surface area contributed by atoms with Crippen LogP contribution >= 0.6 is 0 Å². The lowest BCUT2D eigenvalue weighted by Gasteiger charge is -2.39. The molecule has 0 amide bonds. The molecule has 208 valence electrons. The van der Waals surface area contributed by atoms with Gasteiger partial charge >= 0.3 is 0 Å². The van der Waals surface area contributed by atoms with Crippen LogP contribution in [0, 0.1) is 0 Å². The van der Waals surface area contributed by atoms with E-state index in [1.165, 1.54) is 12.4 Å². The maximum absolute atomic E-state index is 10.3. The Balaban J connectivity index is 1.53. The number of hydrogen-bond donors (Lipinski definition) is 9. The summed E-state index contributed by atoms with van der Waals surface area (Å²) in [4.78, 5) is 4.07. The van der Waals surface area contributed by atoms with Crippen LogP contribution in [0.25, 0.3) is 11.3 Å². The molecule has 16 nitrogen and oxygen atoms in total. The standard InChI is InChI=1S/C22H30N6O10/c23-25-11(5-24-21-19(35)17(33)15(31)13(7-29)37-21)9-2-1-3-10(4-9)12-6-28(27-26-12)22-20(36)18(34)16(32)14(8-30)38-22/h1-6,13-22,29-36H,7-8,23H2/t13-,14-,15-,16-,17+,18+,19+,20+,21+,22+/m1/s1. The van der Waals surface area contributed by atoms with Crippen molar-refractivity contribution in [2.24, 2.45) is 15.9 Å². The van der Waals surface area contributed by atoms with Gasteiger partial charge in [0, 0.05) is 11.1 Å². The molecule has 38 heavy (non-hydrogen) atoms. The van der Waals surface area contributed by atoms with Crippen LogP contribution in [0.3, 0.4) is 0 Å². The number of nitrogens with zero attached hydrogens (tertiary/aromatic N) is 5. The van der Waals surface area contributed by atoms with Crippen molar-refractivity contribution in [2.45, 2.75) is 61.3 Å². The zero-order valence-corrected chi connectivity index (χ0v) is 19.9.